The van der Waals surface area contributed by atoms with E-state index in [2.05, 4.69) is 45.8 Å². The van der Waals surface area contributed by atoms with E-state index in [1.165, 1.54) is 12.4 Å². The van der Waals surface area contributed by atoms with Crippen molar-refractivity contribution in [3.63, 3.8) is 0 Å². The van der Waals surface area contributed by atoms with Gasteiger partial charge in [-0.2, -0.15) is 26.3 Å². The molecule has 7 nitrogen and oxygen atoms in total. The van der Waals surface area contributed by atoms with E-state index in [1.54, 1.807) is 6.07 Å². The van der Waals surface area contributed by atoms with Crippen LogP contribution < -0.4 is 5.73 Å². The van der Waals surface area contributed by atoms with Gasteiger partial charge in [0.1, 0.15) is 0 Å². The van der Waals surface area contributed by atoms with Crippen LogP contribution in [0, 0.1) is 13.8 Å². The zero-order valence-corrected chi connectivity index (χ0v) is 23.9. The third-order valence-electron chi connectivity index (χ3n) is 6.69. The first-order valence-corrected chi connectivity index (χ1v) is 13.7. The number of rotatable bonds is 4. The van der Waals surface area contributed by atoms with Crippen LogP contribution in [0.3, 0.4) is 0 Å². The molecule has 0 unspecified atom stereocenters. The van der Waals surface area contributed by atoms with Gasteiger partial charge in [-0.25, -0.2) is 19.9 Å². The summed E-state index contributed by atoms with van der Waals surface area (Å²) in [5.41, 5.74) is 12.4. The number of nitrogen functional groups attached to an aromatic ring is 1. The molecular formula is C28H24BrF6N7. The maximum Gasteiger partial charge on any atom is 0.451 e. The van der Waals surface area contributed by atoms with Crippen molar-refractivity contribution < 1.29 is 26.3 Å². The fourth-order valence-corrected chi connectivity index (χ4v) is 5.12. The summed E-state index contributed by atoms with van der Waals surface area (Å²) >= 11 is 3.51. The number of hydrogen-bond acceptors (Lipinski definition) is 7. The molecule has 4 aromatic rings. The van der Waals surface area contributed by atoms with Crippen molar-refractivity contribution >= 4 is 21.6 Å². The Kier molecular flexibility index (Phi) is 7.94. The van der Waals surface area contributed by atoms with Gasteiger partial charge < -0.3 is 5.73 Å². The summed E-state index contributed by atoms with van der Waals surface area (Å²) in [6.45, 7) is 3.70. The van der Waals surface area contributed by atoms with Gasteiger partial charge >= 0.3 is 12.4 Å². The number of anilines is 1. The largest absolute Gasteiger partial charge is 0.451 e. The number of alkyl halides is 6. The van der Waals surface area contributed by atoms with Crippen molar-refractivity contribution in [1.82, 2.24) is 29.9 Å². The van der Waals surface area contributed by atoms with Crippen LogP contribution in [-0.2, 0) is 12.4 Å². The number of nitrogens with zero attached hydrogens (tertiary/aromatic N) is 6. The third-order valence-corrected chi connectivity index (χ3v) is 7.52. The van der Waals surface area contributed by atoms with Crippen LogP contribution in [0.25, 0.3) is 22.3 Å². The molecule has 4 heterocycles. The van der Waals surface area contributed by atoms with E-state index < -0.39 is 24.0 Å². The molecule has 0 atom stereocenters. The Hall–Kier alpha value is -3.68. The first-order valence-electron chi connectivity index (χ1n) is 13.0. The topological polar surface area (TPSA) is 103 Å². The van der Waals surface area contributed by atoms with Crippen LogP contribution in [0.2, 0.25) is 0 Å². The van der Waals surface area contributed by atoms with Crippen molar-refractivity contribution in [2.24, 2.45) is 0 Å². The highest BCUT2D eigenvalue weighted by molar-refractivity contribution is 9.10. The van der Waals surface area contributed by atoms with Gasteiger partial charge in [0.05, 0.1) is 17.1 Å². The van der Waals surface area contributed by atoms with E-state index in [1.807, 2.05) is 19.9 Å². The lowest BCUT2D eigenvalue weighted by Gasteiger charge is -2.12. The Morgan fingerprint density at radius 2 is 1.05 bits per heavy atom. The van der Waals surface area contributed by atoms with E-state index in [0.717, 1.165) is 70.9 Å². The summed E-state index contributed by atoms with van der Waals surface area (Å²) in [6.07, 6.45) is -0.0862. The number of nitrogens with two attached hydrogens (primary N) is 1. The number of hydrogen-bond donors (Lipinski definition) is 1. The molecule has 2 saturated carbocycles. The minimum Gasteiger partial charge on any atom is -0.397 e. The predicted octanol–water partition coefficient (Wildman–Crippen LogP) is 7.83. The van der Waals surface area contributed by atoms with Crippen LogP contribution in [0.1, 0.15) is 71.9 Å². The second-order valence-corrected chi connectivity index (χ2v) is 11.0. The summed E-state index contributed by atoms with van der Waals surface area (Å²) in [5, 5.41) is 0. The lowest BCUT2D eigenvalue weighted by molar-refractivity contribution is -0.145. The van der Waals surface area contributed by atoms with Gasteiger partial charge in [-0.05, 0) is 67.6 Å². The molecule has 42 heavy (non-hydrogen) atoms. The first kappa shape index (κ1) is 29.8. The van der Waals surface area contributed by atoms with Crippen LogP contribution in [0.4, 0.5) is 32.0 Å². The molecule has 14 heteroatoms. The molecule has 0 bridgehead atoms. The van der Waals surface area contributed by atoms with E-state index >= 15 is 0 Å². The number of aryl methyl sites for hydroxylation is 2. The maximum absolute atomic E-state index is 12.5. The highest BCUT2D eigenvalue weighted by Gasteiger charge is 2.35. The Labute approximate surface area is 245 Å². The predicted molar refractivity (Wildman–Crippen MR) is 146 cm³/mol. The standard InChI is InChI=1S/C14H11BrF3N3.C14H13F3N4/c1-7-4-10(11(15)12(21-7)8-2-3-8)9-5-19-13(20-6-9)14(16,17)18;1-7-4-10(11(18)12(21-7)8-2-3-8)9-5-19-13(20-6-9)14(15,16)17/h4-6,8H,2-3H2,1H3;4-6,8H,2-3,18H2,1H3. The van der Waals surface area contributed by atoms with Gasteiger partial charge in [-0.3, -0.25) is 9.97 Å². The Balaban J connectivity index is 0.000000168. The van der Waals surface area contributed by atoms with Crippen molar-refractivity contribution in [3.8, 4) is 22.3 Å². The lowest BCUT2D eigenvalue weighted by Crippen LogP contribution is -2.10. The van der Waals surface area contributed by atoms with Crippen molar-refractivity contribution in [1.29, 1.82) is 0 Å². The van der Waals surface area contributed by atoms with Gasteiger partial charge in [0.2, 0.25) is 11.6 Å². The minimum absolute atomic E-state index is 0.360. The zero-order chi connectivity index (χ0) is 30.4. The quantitative estimate of drug-likeness (QED) is 0.224. The molecule has 2 fully saturated rings. The zero-order valence-electron chi connectivity index (χ0n) is 22.4. The third kappa shape index (κ3) is 6.69. The van der Waals surface area contributed by atoms with Crippen LogP contribution >= 0.6 is 15.9 Å². The molecule has 0 aliphatic heterocycles. The average Bonchev–Trinajstić information content (AvgIpc) is 3.85. The summed E-state index contributed by atoms with van der Waals surface area (Å²) < 4.78 is 75.8. The van der Waals surface area contributed by atoms with Gasteiger partial charge in [0.15, 0.2) is 0 Å². The molecule has 220 valence electrons. The maximum atomic E-state index is 12.5. The molecule has 6 rings (SSSR count). The second-order valence-electron chi connectivity index (χ2n) is 10.3. The Bertz CT molecular complexity index is 1480. The van der Waals surface area contributed by atoms with Crippen molar-refractivity contribution in [2.45, 2.75) is 63.7 Å². The SMILES string of the molecule is Cc1cc(-c2cnc(C(F)(F)F)nc2)c(Br)c(C2CC2)n1.Cc1cc(-c2cnc(C(F)(F)F)nc2)c(N)c(C2CC2)n1. The molecule has 0 saturated heterocycles. The molecule has 2 N–H and O–H groups in total. The van der Waals surface area contributed by atoms with E-state index in [9.17, 15) is 26.3 Å². The molecule has 4 aromatic heterocycles. The smallest absolute Gasteiger partial charge is 0.397 e. The fourth-order valence-electron chi connectivity index (χ4n) is 4.36. The first-order chi connectivity index (χ1) is 19.7. The van der Waals surface area contributed by atoms with E-state index in [4.69, 9.17) is 5.73 Å². The number of aromatic nitrogens is 6. The van der Waals surface area contributed by atoms with E-state index in [0.29, 0.717) is 34.2 Å². The van der Waals surface area contributed by atoms with Crippen molar-refractivity contribution in [2.75, 3.05) is 5.73 Å². The molecule has 0 aromatic carbocycles. The normalized spacial score (nSPS) is 15.3. The molecule has 2 aliphatic carbocycles. The Morgan fingerprint density at radius 3 is 1.48 bits per heavy atom. The highest BCUT2D eigenvalue weighted by atomic mass is 79.9. The summed E-state index contributed by atoms with van der Waals surface area (Å²) in [4.78, 5) is 22.5. The van der Waals surface area contributed by atoms with Gasteiger partial charge in [-0.15, -0.1) is 0 Å². The van der Waals surface area contributed by atoms with Crippen LogP contribution in [-0.4, -0.2) is 29.9 Å². The minimum atomic E-state index is -4.54. The Morgan fingerprint density at radius 1 is 0.667 bits per heavy atom. The summed E-state index contributed by atoms with van der Waals surface area (Å²) in [6, 6.07) is 3.56. The molecule has 2 aliphatic rings. The average molecular weight is 652 g/mol. The molecule has 0 radical (unpaired) electrons. The summed E-state index contributed by atoms with van der Waals surface area (Å²) in [5.74, 6) is -1.49. The van der Waals surface area contributed by atoms with Crippen LogP contribution in [0.5, 0.6) is 0 Å². The van der Waals surface area contributed by atoms with Gasteiger partial charge in [0.25, 0.3) is 0 Å². The fraction of sp³-hybridized carbons (Fsp3) is 0.357. The van der Waals surface area contributed by atoms with Crippen LogP contribution in [0.15, 0.2) is 41.4 Å². The monoisotopic (exact) mass is 651 g/mol. The number of pyridine rings is 2. The van der Waals surface area contributed by atoms with Crippen molar-refractivity contribution in [3.05, 3.63) is 75.8 Å². The molecule has 0 spiro atoms. The second kappa shape index (κ2) is 11.2. The lowest BCUT2D eigenvalue weighted by atomic mass is 10.0. The summed E-state index contributed by atoms with van der Waals surface area (Å²) in [7, 11) is 0. The van der Waals surface area contributed by atoms with Gasteiger partial charge in [0, 0.05) is 74.7 Å². The molecule has 0 amide bonds. The van der Waals surface area contributed by atoms with E-state index in [-0.39, 0.29) is 0 Å². The number of halogens is 7. The van der Waals surface area contributed by atoms with Gasteiger partial charge in [-0.1, -0.05) is 0 Å². The molecular weight excluding hydrogens is 628 g/mol. The highest BCUT2D eigenvalue weighted by Crippen LogP contribution is 2.45.